The van der Waals surface area contributed by atoms with E-state index >= 15 is 0 Å². The highest BCUT2D eigenvalue weighted by Gasteiger charge is 2.20. The Kier molecular flexibility index (Phi) is 4.62. The zero-order chi connectivity index (χ0) is 15.6. The Morgan fingerprint density at radius 1 is 1.33 bits per heavy atom. The van der Waals surface area contributed by atoms with Crippen LogP contribution in [0.2, 0.25) is 0 Å². The first kappa shape index (κ1) is 15.5. The Hall–Kier alpha value is -1.89. The Labute approximate surface area is 128 Å². The van der Waals surface area contributed by atoms with Crippen LogP contribution >= 0.6 is 11.8 Å². The molecule has 0 aliphatic heterocycles. The van der Waals surface area contributed by atoms with Gasteiger partial charge < -0.3 is 4.90 Å². The number of amides is 1. The topological polar surface area (TPSA) is 63.9 Å². The molecule has 2 aromatic rings. The van der Waals surface area contributed by atoms with E-state index in [1.54, 1.807) is 23.7 Å². The molecule has 0 spiro atoms. The zero-order valence-electron chi connectivity index (χ0n) is 12.9. The van der Waals surface area contributed by atoms with Gasteiger partial charge >= 0.3 is 0 Å². The van der Waals surface area contributed by atoms with Crippen LogP contribution in [0.1, 0.15) is 18.1 Å². The quantitative estimate of drug-likeness (QED) is 0.807. The normalized spacial score (nSPS) is 12.2. The summed E-state index contributed by atoms with van der Waals surface area (Å²) in [6.07, 6.45) is 0. The van der Waals surface area contributed by atoms with Crippen molar-refractivity contribution in [2.24, 2.45) is 0 Å². The Bertz CT molecular complexity index is 653. The first-order valence-corrected chi connectivity index (χ1v) is 7.52. The number of hydrogen-bond acceptors (Lipinski definition) is 5. The van der Waals surface area contributed by atoms with Crippen LogP contribution in [0.4, 0.5) is 0 Å². The van der Waals surface area contributed by atoms with Gasteiger partial charge in [-0.05, 0) is 42.8 Å². The van der Waals surface area contributed by atoms with Crippen molar-refractivity contribution in [1.29, 1.82) is 0 Å². The van der Waals surface area contributed by atoms with Crippen LogP contribution < -0.4 is 0 Å². The summed E-state index contributed by atoms with van der Waals surface area (Å²) in [5.41, 5.74) is 3.21. The van der Waals surface area contributed by atoms with E-state index in [2.05, 4.69) is 21.6 Å². The first-order chi connectivity index (χ1) is 9.90. The fraction of sp³-hybridized carbons (Fsp3) is 0.429. The number of rotatable bonds is 4. The lowest BCUT2D eigenvalue weighted by atomic mass is 10.1. The number of carbonyl (C=O) groups excluding carboxylic acids is 1. The zero-order valence-corrected chi connectivity index (χ0v) is 13.7. The Balaban J connectivity index is 2.29. The number of tetrazole rings is 1. The van der Waals surface area contributed by atoms with E-state index in [9.17, 15) is 4.79 Å². The second-order valence-corrected chi connectivity index (χ2v) is 6.46. The fourth-order valence-electron chi connectivity index (χ4n) is 2.02. The van der Waals surface area contributed by atoms with Crippen LogP contribution in [-0.4, -0.2) is 50.4 Å². The summed E-state index contributed by atoms with van der Waals surface area (Å²) < 4.78 is 1.68. The highest BCUT2D eigenvalue weighted by Crippen LogP contribution is 2.25. The van der Waals surface area contributed by atoms with Crippen molar-refractivity contribution in [3.8, 4) is 5.69 Å². The number of nitrogens with zero attached hydrogens (tertiary/aromatic N) is 5. The van der Waals surface area contributed by atoms with Crippen molar-refractivity contribution in [3.05, 3.63) is 29.3 Å². The van der Waals surface area contributed by atoms with Gasteiger partial charge in [0.25, 0.3) is 0 Å². The average Bonchev–Trinajstić information content (AvgIpc) is 2.85. The highest BCUT2D eigenvalue weighted by atomic mass is 32.2. The molecule has 1 atom stereocenters. The second kappa shape index (κ2) is 6.26. The monoisotopic (exact) mass is 305 g/mol. The molecule has 6 nitrogen and oxygen atoms in total. The molecule has 1 unspecified atom stereocenters. The molecule has 112 valence electrons. The van der Waals surface area contributed by atoms with E-state index in [4.69, 9.17) is 0 Å². The maximum absolute atomic E-state index is 12.0. The Morgan fingerprint density at radius 3 is 2.67 bits per heavy atom. The van der Waals surface area contributed by atoms with Crippen molar-refractivity contribution < 1.29 is 4.79 Å². The maximum Gasteiger partial charge on any atom is 0.235 e. The Morgan fingerprint density at radius 2 is 2.05 bits per heavy atom. The van der Waals surface area contributed by atoms with Crippen molar-refractivity contribution in [3.63, 3.8) is 0 Å². The molecule has 7 heteroatoms. The lowest BCUT2D eigenvalue weighted by Crippen LogP contribution is -2.29. The number of carbonyl (C=O) groups is 1. The molecule has 0 bridgehead atoms. The first-order valence-electron chi connectivity index (χ1n) is 6.64. The van der Waals surface area contributed by atoms with Gasteiger partial charge in [-0.1, -0.05) is 29.5 Å². The van der Waals surface area contributed by atoms with Gasteiger partial charge in [0.05, 0.1) is 10.9 Å². The average molecular weight is 305 g/mol. The second-order valence-electron chi connectivity index (χ2n) is 5.16. The van der Waals surface area contributed by atoms with Crippen LogP contribution in [0.5, 0.6) is 0 Å². The van der Waals surface area contributed by atoms with E-state index in [1.165, 1.54) is 17.3 Å². The summed E-state index contributed by atoms with van der Waals surface area (Å²) in [5, 5.41) is 12.2. The standard InChI is InChI=1S/C14H19N5OS/c1-9-6-7-12(10(2)8-9)19-14(15-16-17-19)21-11(3)13(20)18(4)5/h6-8,11H,1-5H3. The van der Waals surface area contributed by atoms with Gasteiger partial charge in [-0.15, -0.1) is 5.10 Å². The third kappa shape index (κ3) is 3.41. The molecule has 1 aromatic carbocycles. The third-order valence-corrected chi connectivity index (χ3v) is 4.11. The molecular formula is C14H19N5OS. The summed E-state index contributed by atoms with van der Waals surface area (Å²) in [6.45, 7) is 5.92. The van der Waals surface area contributed by atoms with Gasteiger partial charge in [0.1, 0.15) is 0 Å². The van der Waals surface area contributed by atoms with Gasteiger partial charge in [0.15, 0.2) is 0 Å². The molecule has 0 N–H and O–H groups in total. The largest absolute Gasteiger partial charge is 0.348 e. The van der Waals surface area contributed by atoms with E-state index in [1.807, 2.05) is 32.9 Å². The van der Waals surface area contributed by atoms with Crippen LogP contribution in [0.3, 0.4) is 0 Å². The summed E-state index contributed by atoms with van der Waals surface area (Å²) in [4.78, 5) is 13.5. The maximum atomic E-state index is 12.0. The van der Waals surface area contributed by atoms with Gasteiger partial charge in [-0.3, -0.25) is 4.79 Å². The van der Waals surface area contributed by atoms with Crippen LogP contribution in [0.25, 0.3) is 5.69 Å². The number of benzene rings is 1. The van der Waals surface area contributed by atoms with Crippen molar-refractivity contribution >= 4 is 17.7 Å². The SMILES string of the molecule is Cc1ccc(-n2nnnc2SC(C)C(=O)N(C)C)c(C)c1. The van der Waals surface area contributed by atoms with Crippen LogP contribution in [0, 0.1) is 13.8 Å². The van der Waals surface area contributed by atoms with Crippen LogP contribution in [-0.2, 0) is 4.79 Å². The molecule has 0 radical (unpaired) electrons. The lowest BCUT2D eigenvalue weighted by molar-refractivity contribution is -0.127. The van der Waals surface area contributed by atoms with E-state index in [0.717, 1.165) is 11.3 Å². The minimum Gasteiger partial charge on any atom is -0.348 e. The number of aryl methyl sites for hydroxylation is 2. The molecular weight excluding hydrogens is 286 g/mol. The number of hydrogen-bond donors (Lipinski definition) is 0. The predicted octanol–water partition coefficient (Wildman–Crippen LogP) is 1.85. The molecule has 0 aliphatic rings. The van der Waals surface area contributed by atoms with Crippen molar-refractivity contribution in [1.82, 2.24) is 25.1 Å². The third-order valence-electron chi connectivity index (χ3n) is 3.09. The molecule has 21 heavy (non-hydrogen) atoms. The van der Waals surface area contributed by atoms with E-state index < -0.39 is 0 Å². The van der Waals surface area contributed by atoms with Crippen molar-refractivity contribution in [2.75, 3.05) is 14.1 Å². The lowest BCUT2D eigenvalue weighted by Gasteiger charge is -2.16. The molecule has 1 aromatic heterocycles. The van der Waals surface area contributed by atoms with Gasteiger partial charge in [0.2, 0.25) is 11.1 Å². The minimum atomic E-state index is -0.240. The van der Waals surface area contributed by atoms with E-state index in [0.29, 0.717) is 5.16 Å². The van der Waals surface area contributed by atoms with Gasteiger partial charge in [0, 0.05) is 14.1 Å². The molecule has 2 rings (SSSR count). The number of thioether (sulfide) groups is 1. The minimum absolute atomic E-state index is 0.0372. The predicted molar refractivity (Wildman–Crippen MR) is 82.6 cm³/mol. The van der Waals surface area contributed by atoms with Gasteiger partial charge in [-0.2, -0.15) is 4.68 Å². The molecule has 0 saturated heterocycles. The summed E-state index contributed by atoms with van der Waals surface area (Å²) in [7, 11) is 3.49. The van der Waals surface area contributed by atoms with E-state index in [-0.39, 0.29) is 11.2 Å². The summed E-state index contributed by atoms with van der Waals surface area (Å²) in [6, 6.07) is 6.09. The molecule has 0 saturated carbocycles. The molecule has 1 heterocycles. The molecule has 0 aliphatic carbocycles. The van der Waals surface area contributed by atoms with Crippen molar-refractivity contribution in [2.45, 2.75) is 31.2 Å². The highest BCUT2D eigenvalue weighted by molar-refractivity contribution is 8.00. The summed E-state index contributed by atoms with van der Waals surface area (Å²) in [5.74, 6) is 0.0372. The molecule has 0 fully saturated rings. The van der Waals surface area contributed by atoms with Gasteiger partial charge in [-0.25, -0.2) is 0 Å². The fourth-order valence-corrected chi connectivity index (χ4v) is 2.96. The smallest absolute Gasteiger partial charge is 0.235 e. The van der Waals surface area contributed by atoms with Crippen LogP contribution in [0.15, 0.2) is 23.4 Å². The number of aromatic nitrogens is 4. The summed E-state index contributed by atoms with van der Waals surface area (Å²) >= 11 is 1.36. The molecule has 1 amide bonds.